The molecule has 0 aliphatic carbocycles. The molecule has 2 amide bonds. The first-order valence-corrected chi connectivity index (χ1v) is 10.4. The first kappa shape index (κ1) is 23.7. The van der Waals surface area contributed by atoms with E-state index in [0.29, 0.717) is 10.8 Å². The Morgan fingerprint density at radius 1 is 1.13 bits per heavy atom. The van der Waals surface area contributed by atoms with Crippen LogP contribution in [-0.2, 0) is 16.1 Å². The van der Waals surface area contributed by atoms with E-state index in [1.807, 2.05) is 65.0 Å². The molecule has 6 heteroatoms. The van der Waals surface area contributed by atoms with E-state index in [0.717, 1.165) is 16.7 Å². The molecule has 1 unspecified atom stereocenters. The van der Waals surface area contributed by atoms with Gasteiger partial charge in [-0.2, -0.15) is 0 Å². The van der Waals surface area contributed by atoms with Crippen LogP contribution in [0.4, 0.5) is 0 Å². The smallest absolute Gasteiger partial charge is 0.261 e. The molecule has 2 rings (SSSR count). The Balaban J connectivity index is 2.21. The van der Waals surface area contributed by atoms with Gasteiger partial charge >= 0.3 is 0 Å². The molecular weight excluding hydrogens is 400 g/mol. The Bertz CT molecular complexity index is 906. The number of nitrogens with one attached hydrogen (secondary N) is 1. The zero-order valence-corrected chi connectivity index (χ0v) is 19.3. The van der Waals surface area contributed by atoms with Crippen molar-refractivity contribution in [2.75, 3.05) is 6.61 Å². The number of rotatable bonds is 7. The van der Waals surface area contributed by atoms with E-state index in [4.69, 9.17) is 16.3 Å². The predicted octanol–water partition coefficient (Wildman–Crippen LogP) is 4.67. The summed E-state index contributed by atoms with van der Waals surface area (Å²) in [6.07, 6.45) is 0. The van der Waals surface area contributed by atoms with Gasteiger partial charge < -0.3 is 15.0 Å². The number of aryl methyl sites for hydroxylation is 1. The highest BCUT2D eigenvalue weighted by atomic mass is 35.5. The summed E-state index contributed by atoms with van der Waals surface area (Å²) in [5.74, 6) is 0.176. The van der Waals surface area contributed by atoms with E-state index >= 15 is 0 Å². The maximum atomic E-state index is 13.1. The second-order valence-corrected chi connectivity index (χ2v) is 8.99. The molecule has 30 heavy (non-hydrogen) atoms. The zero-order valence-electron chi connectivity index (χ0n) is 18.6. The fourth-order valence-corrected chi connectivity index (χ4v) is 3.20. The summed E-state index contributed by atoms with van der Waals surface area (Å²) >= 11 is 6.10. The van der Waals surface area contributed by atoms with Gasteiger partial charge in [-0.3, -0.25) is 9.59 Å². The minimum Gasteiger partial charge on any atom is -0.483 e. The highest BCUT2D eigenvalue weighted by molar-refractivity contribution is 6.30. The molecule has 0 aromatic heterocycles. The molecule has 0 aliphatic heterocycles. The van der Waals surface area contributed by atoms with Crippen molar-refractivity contribution >= 4 is 23.4 Å². The molecule has 1 atom stereocenters. The first-order chi connectivity index (χ1) is 14.0. The number of ether oxygens (including phenoxy) is 1. The lowest BCUT2D eigenvalue weighted by Gasteiger charge is -2.31. The van der Waals surface area contributed by atoms with Gasteiger partial charge in [0.15, 0.2) is 6.61 Å². The lowest BCUT2D eigenvalue weighted by Crippen LogP contribution is -2.53. The van der Waals surface area contributed by atoms with E-state index in [-0.39, 0.29) is 25.0 Å². The molecule has 0 heterocycles. The number of benzene rings is 2. The van der Waals surface area contributed by atoms with Crippen LogP contribution in [0.15, 0.2) is 42.5 Å². The van der Waals surface area contributed by atoms with Crippen molar-refractivity contribution in [3.05, 3.63) is 64.2 Å². The molecule has 0 radical (unpaired) electrons. The topological polar surface area (TPSA) is 58.6 Å². The molecule has 2 aromatic carbocycles. The van der Waals surface area contributed by atoms with Crippen molar-refractivity contribution in [1.82, 2.24) is 10.2 Å². The van der Waals surface area contributed by atoms with Gasteiger partial charge in [0.25, 0.3) is 5.91 Å². The first-order valence-electron chi connectivity index (χ1n) is 10.0. The summed E-state index contributed by atoms with van der Waals surface area (Å²) < 4.78 is 5.80. The van der Waals surface area contributed by atoms with Crippen LogP contribution in [0.3, 0.4) is 0 Å². The van der Waals surface area contributed by atoms with E-state index in [2.05, 4.69) is 5.32 Å². The highest BCUT2D eigenvalue weighted by Gasteiger charge is 2.28. The summed E-state index contributed by atoms with van der Waals surface area (Å²) in [4.78, 5) is 27.4. The van der Waals surface area contributed by atoms with Crippen LogP contribution < -0.4 is 10.1 Å². The fourth-order valence-electron chi connectivity index (χ4n) is 2.99. The van der Waals surface area contributed by atoms with Crippen molar-refractivity contribution in [3.63, 3.8) is 0 Å². The Kier molecular flexibility index (Phi) is 7.90. The zero-order chi connectivity index (χ0) is 22.5. The van der Waals surface area contributed by atoms with Gasteiger partial charge in [0.2, 0.25) is 5.91 Å². The number of hydrogen-bond acceptors (Lipinski definition) is 3. The summed E-state index contributed by atoms with van der Waals surface area (Å²) in [6, 6.07) is 12.3. The molecular formula is C24H31ClN2O3. The van der Waals surface area contributed by atoms with Gasteiger partial charge in [0.1, 0.15) is 11.8 Å². The number of hydrogen-bond donors (Lipinski definition) is 1. The second kappa shape index (κ2) is 9.98. The van der Waals surface area contributed by atoms with Crippen molar-refractivity contribution in [2.24, 2.45) is 0 Å². The fraction of sp³-hybridized carbons (Fsp3) is 0.417. The molecule has 162 valence electrons. The van der Waals surface area contributed by atoms with Crippen LogP contribution in [-0.4, -0.2) is 34.9 Å². The summed E-state index contributed by atoms with van der Waals surface area (Å²) in [7, 11) is 0. The number of nitrogens with zero attached hydrogens (tertiary/aromatic N) is 1. The number of amides is 2. The van der Waals surface area contributed by atoms with E-state index < -0.39 is 11.6 Å². The van der Waals surface area contributed by atoms with E-state index in [9.17, 15) is 9.59 Å². The van der Waals surface area contributed by atoms with E-state index in [1.54, 1.807) is 19.1 Å². The summed E-state index contributed by atoms with van der Waals surface area (Å²) in [5, 5.41) is 3.52. The second-order valence-electron chi connectivity index (χ2n) is 8.55. The average Bonchev–Trinajstić information content (AvgIpc) is 2.65. The van der Waals surface area contributed by atoms with Gasteiger partial charge in [-0.05, 0) is 76.4 Å². The summed E-state index contributed by atoms with van der Waals surface area (Å²) in [5.41, 5.74) is 2.53. The van der Waals surface area contributed by atoms with Gasteiger partial charge in [-0.1, -0.05) is 35.9 Å². The highest BCUT2D eigenvalue weighted by Crippen LogP contribution is 2.21. The molecule has 0 aliphatic rings. The lowest BCUT2D eigenvalue weighted by molar-refractivity contribution is -0.142. The third kappa shape index (κ3) is 6.77. The van der Waals surface area contributed by atoms with Gasteiger partial charge in [0, 0.05) is 17.1 Å². The lowest BCUT2D eigenvalue weighted by atomic mass is 10.1. The maximum Gasteiger partial charge on any atom is 0.261 e. The summed E-state index contributed by atoms with van der Waals surface area (Å²) in [6.45, 7) is 11.5. The minimum absolute atomic E-state index is 0.155. The monoisotopic (exact) mass is 430 g/mol. The molecule has 0 saturated carbocycles. The van der Waals surface area contributed by atoms with Crippen molar-refractivity contribution in [2.45, 2.75) is 59.7 Å². The average molecular weight is 431 g/mol. The van der Waals surface area contributed by atoms with Gasteiger partial charge in [0.05, 0.1) is 0 Å². The maximum absolute atomic E-state index is 13.1. The van der Waals surface area contributed by atoms with E-state index in [1.165, 1.54) is 4.90 Å². The van der Waals surface area contributed by atoms with Crippen LogP contribution in [0.25, 0.3) is 0 Å². The van der Waals surface area contributed by atoms with Crippen LogP contribution in [0.1, 0.15) is 44.4 Å². The van der Waals surface area contributed by atoms with Crippen LogP contribution in [0.2, 0.25) is 5.02 Å². The van der Waals surface area contributed by atoms with Gasteiger partial charge in [-0.25, -0.2) is 0 Å². The predicted molar refractivity (Wildman–Crippen MR) is 121 cm³/mol. The van der Waals surface area contributed by atoms with Gasteiger partial charge in [-0.15, -0.1) is 0 Å². The largest absolute Gasteiger partial charge is 0.483 e. The van der Waals surface area contributed by atoms with Crippen molar-refractivity contribution < 1.29 is 14.3 Å². The molecule has 0 fully saturated rings. The van der Waals surface area contributed by atoms with Crippen molar-refractivity contribution in [1.29, 1.82) is 0 Å². The minimum atomic E-state index is -0.669. The Morgan fingerprint density at radius 2 is 1.80 bits per heavy atom. The van der Waals surface area contributed by atoms with Crippen molar-refractivity contribution in [3.8, 4) is 5.75 Å². The van der Waals surface area contributed by atoms with Crippen LogP contribution in [0, 0.1) is 13.8 Å². The normalized spacial score (nSPS) is 12.2. The molecule has 0 saturated heterocycles. The third-order valence-electron chi connectivity index (χ3n) is 4.81. The SMILES string of the molecule is Cc1cccc(OCC(=O)N(Cc2cccc(Cl)c2)C(C)C(=O)NC(C)(C)C)c1C. The van der Waals surface area contributed by atoms with Crippen LogP contribution in [0.5, 0.6) is 5.75 Å². The third-order valence-corrected chi connectivity index (χ3v) is 5.05. The Labute approximate surface area is 184 Å². The molecule has 1 N–H and O–H groups in total. The molecule has 2 aromatic rings. The standard InChI is InChI=1S/C24H31ClN2O3/c1-16-9-7-12-21(17(16)2)30-15-22(28)27(14-19-10-8-11-20(25)13-19)18(3)23(29)26-24(4,5)6/h7-13,18H,14-15H2,1-6H3,(H,26,29). The number of carbonyl (C=O) groups excluding carboxylic acids is 2. The Morgan fingerprint density at radius 3 is 2.43 bits per heavy atom. The quantitative estimate of drug-likeness (QED) is 0.694. The number of halogens is 1. The Hall–Kier alpha value is -2.53. The van der Waals surface area contributed by atoms with Crippen LogP contribution >= 0.6 is 11.6 Å². The molecule has 0 spiro atoms. The number of carbonyl (C=O) groups is 2. The molecule has 5 nitrogen and oxygen atoms in total. The molecule has 0 bridgehead atoms.